The topological polar surface area (TPSA) is 29.3 Å². The third-order valence-corrected chi connectivity index (χ3v) is 2.36. The van der Waals surface area contributed by atoms with Crippen LogP contribution in [0.15, 0.2) is 24.3 Å². The summed E-state index contributed by atoms with van der Waals surface area (Å²) in [5.41, 5.74) is 6.92. The van der Waals surface area contributed by atoms with Gasteiger partial charge in [0.2, 0.25) is 0 Å². The number of nitrogens with two attached hydrogens (primary N) is 1. The molecule has 1 aromatic rings. The summed E-state index contributed by atoms with van der Waals surface area (Å²) >= 11 is 5.92. The molecule has 0 fully saturated rings. The van der Waals surface area contributed by atoms with Gasteiger partial charge in [-0.3, -0.25) is 0 Å². The van der Waals surface area contributed by atoms with Crippen LogP contribution in [0.1, 0.15) is 12.5 Å². The molecule has 0 aliphatic carbocycles. The molecule has 14 heavy (non-hydrogen) atoms. The van der Waals surface area contributed by atoms with E-state index in [0.717, 1.165) is 17.1 Å². The van der Waals surface area contributed by atoms with Crippen molar-refractivity contribution >= 4 is 11.6 Å². The van der Waals surface area contributed by atoms with Gasteiger partial charge in [0.05, 0.1) is 5.54 Å². The van der Waals surface area contributed by atoms with Crippen LogP contribution in [0.4, 0.5) is 0 Å². The predicted octanol–water partition coefficient (Wildman–Crippen LogP) is 2.08. The number of hydrogen-bond donors (Lipinski definition) is 1. The monoisotopic (exact) mass is 212 g/mol. The molecule has 0 saturated heterocycles. The number of likely N-dealkylation sites (N-methyl/N-ethyl adjacent to an activating group) is 1. The van der Waals surface area contributed by atoms with Crippen LogP contribution in [0.2, 0.25) is 5.02 Å². The van der Waals surface area contributed by atoms with E-state index in [2.05, 4.69) is 4.90 Å². The third-order valence-electron chi connectivity index (χ3n) is 2.13. The van der Waals surface area contributed by atoms with E-state index in [-0.39, 0.29) is 5.54 Å². The highest BCUT2D eigenvalue weighted by atomic mass is 35.5. The van der Waals surface area contributed by atoms with E-state index in [1.54, 1.807) is 0 Å². The number of rotatable bonds is 3. The molecular weight excluding hydrogens is 196 g/mol. The van der Waals surface area contributed by atoms with E-state index >= 15 is 0 Å². The van der Waals surface area contributed by atoms with Crippen molar-refractivity contribution in [3.05, 3.63) is 34.9 Å². The summed E-state index contributed by atoms with van der Waals surface area (Å²) in [4.78, 5) is 2.07. The lowest BCUT2D eigenvalue weighted by atomic mass is 9.93. The molecule has 0 amide bonds. The van der Waals surface area contributed by atoms with E-state index in [1.807, 2.05) is 45.3 Å². The fourth-order valence-electron chi connectivity index (χ4n) is 1.59. The van der Waals surface area contributed by atoms with Crippen molar-refractivity contribution in [1.29, 1.82) is 0 Å². The molecule has 0 saturated carbocycles. The molecule has 2 N–H and O–H groups in total. The van der Waals surface area contributed by atoms with Gasteiger partial charge in [-0.2, -0.15) is 0 Å². The lowest BCUT2D eigenvalue weighted by Gasteiger charge is -2.28. The van der Waals surface area contributed by atoms with E-state index in [0.29, 0.717) is 0 Å². The van der Waals surface area contributed by atoms with Crippen molar-refractivity contribution in [3.63, 3.8) is 0 Å². The van der Waals surface area contributed by atoms with Crippen LogP contribution in [-0.2, 0) is 5.54 Å². The van der Waals surface area contributed by atoms with Crippen LogP contribution in [0, 0.1) is 0 Å². The number of hydrogen-bond acceptors (Lipinski definition) is 2. The fraction of sp³-hybridized carbons (Fsp3) is 0.455. The SMILES string of the molecule is CN(C)CC(C)(N)c1cccc(Cl)c1. The quantitative estimate of drug-likeness (QED) is 0.832. The third kappa shape index (κ3) is 2.98. The van der Waals surface area contributed by atoms with Crippen molar-refractivity contribution in [2.24, 2.45) is 5.73 Å². The van der Waals surface area contributed by atoms with Crippen molar-refractivity contribution < 1.29 is 0 Å². The Morgan fingerprint density at radius 1 is 1.43 bits per heavy atom. The summed E-state index contributed by atoms with van der Waals surface area (Å²) in [5, 5.41) is 0.734. The van der Waals surface area contributed by atoms with Crippen molar-refractivity contribution in [2.45, 2.75) is 12.5 Å². The van der Waals surface area contributed by atoms with E-state index in [4.69, 9.17) is 17.3 Å². The van der Waals surface area contributed by atoms with Crippen LogP contribution in [0.3, 0.4) is 0 Å². The Labute approximate surface area is 90.7 Å². The summed E-state index contributed by atoms with van der Waals surface area (Å²) in [6, 6.07) is 7.72. The highest BCUT2D eigenvalue weighted by molar-refractivity contribution is 6.30. The first kappa shape index (κ1) is 11.5. The Morgan fingerprint density at radius 3 is 2.57 bits per heavy atom. The Morgan fingerprint density at radius 2 is 2.07 bits per heavy atom. The van der Waals surface area contributed by atoms with Gasteiger partial charge in [-0.15, -0.1) is 0 Å². The molecule has 1 atom stereocenters. The average Bonchev–Trinajstić information content (AvgIpc) is 2.01. The van der Waals surface area contributed by atoms with E-state index in [9.17, 15) is 0 Å². The summed E-state index contributed by atoms with van der Waals surface area (Å²) < 4.78 is 0. The molecule has 0 bridgehead atoms. The molecule has 78 valence electrons. The second-order valence-corrected chi connectivity index (χ2v) is 4.60. The first-order valence-corrected chi connectivity index (χ1v) is 4.99. The zero-order valence-corrected chi connectivity index (χ0v) is 9.67. The molecule has 0 aliphatic heterocycles. The first-order chi connectivity index (χ1) is 6.42. The predicted molar refractivity (Wildman–Crippen MR) is 61.5 cm³/mol. The lowest BCUT2D eigenvalue weighted by molar-refractivity contribution is 0.304. The Kier molecular flexibility index (Phi) is 3.53. The smallest absolute Gasteiger partial charge is 0.0510 e. The highest BCUT2D eigenvalue weighted by Gasteiger charge is 2.21. The molecule has 1 aromatic carbocycles. The minimum Gasteiger partial charge on any atom is -0.321 e. The zero-order valence-electron chi connectivity index (χ0n) is 8.92. The number of halogens is 1. The molecule has 0 aromatic heterocycles. The van der Waals surface area contributed by atoms with E-state index < -0.39 is 0 Å². The average molecular weight is 213 g/mol. The Bertz CT molecular complexity index is 308. The molecular formula is C11H17ClN2. The van der Waals surface area contributed by atoms with Gasteiger partial charge >= 0.3 is 0 Å². The Hall–Kier alpha value is -0.570. The molecule has 2 nitrogen and oxygen atoms in total. The maximum atomic E-state index is 6.21. The van der Waals surface area contributed by atoms with Gasteiger partial charge in [0, 0.05) is 11.6 Å². The number of nitrogens with zero attached hydrogens (tertiary/aromatic N) is 1. The maximum Gasteiger partial charge on any atom is 0.0510 e. The Balaban J connectivity index is 2.91. The van der Waals surface area contributed by atoms with Crippen molar-refractivity contribution in [1.82, 2.24) is 4.90 Å². The molecule has 3 heteroatoms. The minimum atomic E-state index is -0.353. The number of benzene rings is 1. The van der Waals surface area contributed by atoms with Crippen LogP contribution >= 0.6 is 11.6 Å². The van der Waals surface area contributed by atoms with Crippen LogP contribution in [0.25, 0.3) is 0 Å². The summed E-state index contributed by atoms with van der Waals surface area (Å²) in [6.07, 6.45) is 0. The fourth-order valence-corrected chi connectivity index (χ4v) is 1.78. The maximum absolute atomic E-state index is 6.21. The van der Waals surface area contributed by atoms with Gasteiger partial charge in [0.15, 0.2) is 0 Å². The minimum absolute atomic E-state index is 0.353. The standard InChI is InChI=1S/C11H17ClN2/c1-11(13,8-14(2)3)9-5-4-6-10(12)7-9/h4-7H,8,13H2,1-3H3. The molecule has 0 heterocycles. The van der Waals surface area contributed by atoms with Crippen molar-refractivity contribution in [2.75, 3.05) is 20.6 Å². The second-order valence-electron chi connectivity index (χ2n) is 4.17. The van der Waals surface area contributed by atoms with Crippen LogP contribution < -0.4 is 5.73 Å². The highest BCUT2D eigenvalue weighted by Crippen LogP contribution is 2.21. The molecule has 0 radical (unpaired) electrons. The molecule has 1 unspecified atom stereocenters. The molecule has 0 aliphatic rings. The second kappa shape index (κ2) is 4.30. The first-order valence-electron chi connectivity index (χ1n) is 4.61. The van der Waals surface area contributed by atoms with E-state index in [1.165, 1.54) is 0 Å². The summed E-state index contributed by atoms with van der Waals surface area (Å²) in [5.74, 6) is 0. The van der Waals surface area contributed by atoms with Gasteiger partial charge in [0.1, 0.15) is 0 Å². The van der Waals surface area contributed by atoms with Gasteiger partial charge < -0.3 is 10.6 Å². The van der Waals surface area contributed by atoms with Crippen molar-refractivity contribution in [3.8, 4) is 0 Å². The normalized spacial score (nSPS) is 15.6. The zero-order chi connectivity index (χ0) is 10.8. The summed E-state index contributed by atoms with van der Waals surface area (Å²) in [7, 11) is 4.02. The lowest BCUT2D eigenvalue weighted by Crippen LogP contribution is -2.42. The van der Waals surface area contributed by atoms with Gasteiger partial charge in [-0.05, 0) is 38.7 Å². The summed E-state index contributed by atoms with van der Waals surface area (Å²) in [6.45, 7) is 2.81. The largest absolute Gasteiger partial charge is 0.321 e. The van der Waals surface area contributed by atoms with Gasteiger partial charge in [-0.25, -0.2) is 0 Å². The molecule has 1 rings (SSSR count). The van der Waals surface area contributed by atoms with Crippen LogP contribution in [-0.4, -0.2) is 25.5 Å². The van der Waals surface area contributed by atoms with Gasteiger partial charge in [0.25, 0.3) is 0 Å². The van der Waals surface area contributed by atoms with Gasteiger partial charge in [-0.1, -0.05) is 23.7 Å². The molecule has 0 spiro atoms. The van der Waals surface area contributed by atoms with Crippen LogP contribution in [0.5, 0.6) is 0 Å².